The van der Waals surface area contributed by atoms with Crippen LogP contribution in [0.5, 0.6) is 0 Å². The highest BCUT2D eigenvalue weighted by molar-refractivity contribution is 7.93. The second kappa shape index (κ2) is 5.67. The summed E-state index contributed by atoms with van der Waals surface area (Å²) in [5.41, 5.74) is 1.29. The lowest BCUT2D eigenvalue weighted by Gasteiger charge is -2.27. The first-order valence-corrected chi connectivity index (χ1v) is 9.09. The Balaban J connectivity index is 1.76. The lowest BCUT2D eigenvalue weighted by atomic mass is 10.1. The number of anilines is 1. The lowest BCUT2D eigenvalue weighted by Crippen LogP contribution is -2.35. The molecular weight excluding hydrogens is 288 g/mol. The minimum absolute atomic E-state index is 0.0468. The van der Waals surface area contributed by atoms with Gasteiger partial charge in [-0.05, 0) is 49.9 Å². The molecule has 2 fully saturated rings. The van der Waals surface area contributed by atoms with Crippen LogP contribution in [0.15, 0.2) is 24.3 Å². The van der Waals surface area contributed by atoms with Crippen molar-refractivity contribution in [3.8, 4) is 0 Å². The summed E-state index contributed by atoms with van der Waals surface area (Å²) in [7, 11) is -3.16. The number of nitrogens with zero attached hydrogens (tertiary/aromatic N) is 2. The van der Waals surface area contributed by atoms with Gasteiger partial charge in [-0.15, -0.1) is 0 Å². The van der Waals surface area contributed by atoms with Crippen molar-refractivity contribution in [2.45, 2.75) is 25.7 Å². The number of likely N-dealkylation sites (tertiary alicyclic amines) is 1. The van der Waals surface area contributed by atoms with Crippen LogP contribution < -0.4 is 4.31 Å². The van der Waals surface area contributed by atoms with Crippen LogP contribution in [-0.4, -0.2) is 44.6 Å². The van der Waals surface area contributed by atoms with Crippen molar-refractivity contribution in [1.29, 1.82) is 0 Å². The Morgan fingerprint density at radius 3 is 2.14 bits per heavy atom. The maximum absolute atomic E-state index is 12.4. The topological polar surface area (TPSA) is 57.7 Å². The molecule has 5 nitrogen and oxygen atoms in total. The Morgan fingerprint density at radius 2 is 1.57 bits per heavy atom. The monoisotopic (exact) mass is 308 g/mol. The fourth-order valence-corrected chi connectivity index (χ4v) is 4.54. The summed E-state index contributed by atoms with van der Waals surface area (Å²) in [4.78, 5) is 14.2. The number of hydrogen-bond acceptors (Lipinski definition) is 3. The molecule has 0 radical (unpaired) electrons. The van der Waals surface area contributed by atoms with E-state index in [0.29, 0.717) is 24.2 Å². The zero-order valence-electron chi connectivity index (χ0n) is 12.0. The summed E-state index contributed by atoms with van der Waals surface area (Å²) in [6, 6.07) is 6.94. The summed E-state index contributed by atoms with van der Waals surface area (Å²) >= 11 is 0. The van der Waals surface area contributed by atoms with Crippen LogP contribution in [0.4, 0.5) is 5.69 Å². The van der Waals surface area contributed by atoms with E-state index >= 15 is 0 Å². The van der Waals surface area contributed by atoms with Crippen LogP contribution in [0.2, 0.25) is 0 Å². The molecule has 6 heteroatoms. The van der Waals surface area contributed by atoms with E-state index in [0.717, 1.165) is 25.9 Å². The summed E-state index contributed by atoms with van der Waals surface area (Å²) < 4.78 is 25.2. The van der Waals surface area contributed by atoms with Gasteiger partial charge in [-0.1, -0.05) is 0 Å². The maximum Gasteiger partial charge on any atom is 0.253 e. The number of sulfonamides is 1. The molecule has 114 valence electrons. The largest absolute Gasteiger partial charge is 0.339 e. The Bertz CT molecular complexity index is 619. The van der Waals surface area contributed by atoms with E-state index in [2.05, 4.69) is 0 Å². The molecule has 0 atom stereocenters. The van der Waals surface area contributed by atoms with E-state index in [1.807, 2.05) is 4.90 Å². The zero-order valence-corrected chi connectivity index (χ0v) is 12.8. The van der Waals surface area contributed by atoms with Crippen LogP contribution in [-0.2, 0) is 10.0 Å². The Labute approximate surface area is 125 Å². The molecule has 21 heavy (non-hydrogen) atoms. The first-order valence-electron chi connectivity index (χ1n) is 7.48. The number of carbonyl (C=O) groups excluding carboxylic acids is 1. The van der Waals surface area contributed by atoms with Crippen molar-refractivity contribution in [2.75, 3.05) is 29.7 Å². The standard InChI is InChI=1S/C15H20N2O3S/c18-15(16-9-2-1-3-10-16)13-5-7-14(8-6-13)17-11-4-12-21(17,19)20/h5-8H,1-4,9-12H2. The van der Waals surface area contributed by atoms with Crippen molar-refractivity contribution in [2.24, 2.45) is 0 Å². The molecule has 1 amide bonds. The van der Waals surface area contributed by atoms with E-state index in [1.54, 1.807) is 24.3 Å². The lowest BCUT2D eigenvalue weighted by molar-refractivity contribution is 0.0724. The summed E-state index contributed by atoms with van der Waals surface area (Å²) in [5.74, 6) is 0.257. The van der Waals surface area contributed by atoms with E-state index < -0.39 is 10.0 Å². The molecule has 0 aromatic heterocycles. The molecule has 2 saturated heterocycles. The molecule has 0 spiro atoms. The summed E-state index contributed by atoms with van der Waals surface area (Å²) in [6.07, 6.45) is 3.98. The van der Waals surface area contributed by atoms with Gasteiger partial charge in [-0.3, -0.25) is 9.10 Å². The molecule has 2 heterocycles. The molecule has 2 aliphatic rings. The van der Waals surface area contributed by atoms with Gasteiger partial charge in [0.1, 0.15) is 0 Å². The van der Waals surface area contributed by atoms with Gasteiger partial charge in [0.25, 0.3) is 5.91 Å². The number of amides is 1. The molecule has 1 aromatic carbocycles. The fourth-order valence-electron chi connectivity index (χ4n) is 2.98. The second-order valence-corrected chi connectivity index (χ2v) is 7.65. The number of piperidine rings is 1. The highest BCUT2D eigenvalue weighted by Gasteiger charge is 2.28. The molecule has 3 rings (SSSR count). The van der Waals surface area contributed by atoms with Gasteiger partial charge in [-0.25, -0.2) is 8.42 Å². The summed E-state index contributed by atoms with van der Waals surface area (Å²) in [5, 5.41) is 0. The quantitative estimate of drug-likeness (QED) is 0.838. The van der Waals surface area contributed by atoms with Gasteiger partial charge in [0, 0.05) is 25.2 Å². The van der Waals surface area contributed by atoms with Gasteiger partial charge in [-0.2, -0.15) is 0 Å². The maximum atomic E-state index is 12.4. The van der Waals surface area contributed by atoms with Crippen molar-refractivity contribution in [3.05, 3.63) is 29.8 Å². The van der Waals surface area contributed by atoms with Crippen molar-refractivity contribution < 1.29 is 13.2 Å². The minimum Gasteiger partial charge on any atom is -0.339 e. The van der Waals surface area contributed by atoms with Gasteiger partial charge < -0.3 is 4.90 Å². The van der Waals surface area contributed by atoms with E-state index in [9.17, 15) is 13.2 Å². The number of hydrogen-bond donors (Lipinski definition) is 0. The summed E-state index contributed by atoms with van der Waals surface area (Å²) in [6.45, 7) is 2.17. The average molecular weight is 308 g/mol. The average Bonchev–Trinajstić information content (AvgIpc) is 2.87. The number of benzene rings is 1. The van der Waals surface area contributed by atoms with E-state index in [1.165, 1.54) is 10.7 Å². The third kappa shape index (κ3) is 2.90. The number of carbonyl (C=O) groups is 1. The van der Waals surface area contributed by atoms with Crippen LogP contribution in [0.1, 0.15) is 36.0 Å². The van der Waals surface area contributed by atoms with Crippen molar-refractivity contribution in [3.63, 3.8) is 0 Å². The molecule has 0 unspecified atom stereocenters. The van der Waals surface area contributed by atoms with Crippen molar-refractivity contribution >= 4 is 21.6 Å². The van der Waals surface area contributed by atoms with Crippen LogP contribution in [0, 0.1) is 0 Å². The molecule has 0 aliphatic carbocycles. The smallest absolute Gasteiger partial charge is 0.253 e. The highest BCUT2D eigenvalue weighted by atomic mass is 32.2. The Morgan fingerprint density at radius 1 is 0.905 bits per heavy atom. The fraction of sp³-hybridized carbons (Fsp3) is 0.533. The van der Waals surface area contributed by atoms with Crippen LogP contribution >= 0.6 is 0 Å². The minimum atomic E-state index is -3.16. The molecular formula is C15H20N2O3S. The van der Waals surface area contributed by atoms with Crippen LogP contribution in [0.3, 0.4) is 0 Å². The molecule has 1 aromatic rings. The predicted molar refractivity (Wildman–Crippen MR) is 81.9 cm³/mol. The van der Waals surface area contributed by atoms with Gasteiger partial charge in [0.05, 0.1) is 11.4 Å². The zero-order chi connectivity index (χ0) is 14.9. The van der Waals surface area contributed by atoms with Gasteiger partial charge >= 0.3 is 0 Å². The Hall–Kier alpha value is -1.56. The predicted octanol–water partition coefficient (Wildman–Crippen LogP) is 1.85. The first-order chi connectivity index (χ1) is 10.1. The molecule has 0 saturated carbocycles. The number of rotatable bonds is 2. The van der Waals surface area contributed by atoms with Gasteiger partial charge in [0.15, 0.2) is 0 Å². The first kappa shape index (κ1) is 14.4. The molecule has 2 aliphatic heterocycles. The third-order valence-corrected chi connectivity index (χ3v) is 6.01. The Kier molecular flexibility index (Phi) is 3.89. The van der Waals surface area contributed by atoms with E-state index in [-0.39, 0.29) is 11.7 Å². The van der Waals surface area contributed by atoms with Gasteiger partial charge in [0.2, 0.25) is 10.0 Å². The third-order valence-electron chi connectivity index (χ3n) is 4.14. The molecule has 0 bridgehead atoms. The highest BCUT2D eigenvalue weighted by Crippen LogP contribution is 2.24. The SMILES string of the molecule is O=C(c1ccc(N2CCCS2(=O)=O)cc1)N1CCCCC1. The second-order valence-electron chi connectivity index (χ2n) is 5.64. The van der Waals surface area contributed by atoms with Crippen molar-refractivity contribution in [1.82, 2.24) is 4.90 Å². The molecule has 0 N–H and O–H groups in total. The normalized spacial score (nSPS) is 21.5. The van der Waals surface area contributed by atoms with E-state index in [4.69, 9.17) is 0 Å². The van der Waals surface area contributed by atoms with Crippen LogP contribution in [0.25, 0.3) is 0 Å².